The van der Waals surface area contributed by atoms with E-state index in [4.69, 9.17) is 0 Å². The number of aromatic nitrogens is 3. The number of nitrogens with zero attached hydrogens (tertiary/aromatic N) is 3. The molecule has 0 radical (unpaired) electrons. The summed E-state index contributed by atoms with van der Waals surface area (Å²) in [5.41, 5.74) is 1.77. The predicted molar refractivity (Wildman–Crippen MR) is 98.1 cm³/mol. The summed E-state index contributed by atoms with van der Waals surface area (Å²) in [4.78, 5) is 17.9. The van der Waals surface area contributed by atoms with Crippen molar-refractivity contribution in [1.29, 1.82) is 0 Å². The lowest BCUT2D eigenvalue weighted by Crippen LogP contribution is -2.16. The maximum absolute atomic E-state index is 12.3. The Morgan fingerprint density at radius 3 is 2.92 bits per heavy atom. The summed E-state index contributed by atoms with van der Waals surface area (Å²) in [5, 5.41) is 10.1. The summed E-state index contributed by atoms with van der Waals surface area (Å²) >= 11 is 3.13. The van der Waals surface area contributed by atoms with Crippen molar-refractivity contribution in [2.75, 3.05) is 5.32 Å². The van der Waals surface area contributed by atoms with Crippen LogP contribution >= 0.6 is 22.7 Å². The van der Waals surface area contributed by atoms with Gasteiger partial charge in [-0.3, -0.25) is 4.79 Å². The Morgan fingerprint density at radius 2 is 2.12 bits per heavy atom. The number of aryl methyl sites for hydroxylation is 1. The molecule has 4 rings (SSSR count). The summed E-state index contributed by atoms with van der Waals surface area (Å²) < 4.78 is 2.79. The van der Waals surface area contributed by atoms with Gasteiger partial charge in [0.1, 0.15) is 5.82 Å². The zero-order valence-electron chi connectivity index (χ0n) is 12.9. The molecule has 0 unspecified atom stereocenters. The van der Waals surface area contributed by atoms with E-state index in [-0.39, 0.29) is 5.91 Å². The first-order chi connectivity index (χ1) is 11.7. The van der Waals surface area contributed by atoms with E-state index in [1.165, 1.54) is 0 Å². The molecule has 4 aromatic rings. The van der Waals surface area contributed by atoms with Gasteiger partial charge < -0.3 is 5.32 Å². The third kappa shape index (κ3) is 2.95. The maximum Gasteiger partial charge on any atom is 0.230 e. The van der Waals surface area contributed by atoms with Crippen LogP contribution in [0.2, 0.25) is 0 Å². The number of nitrogens with one attached hydrogen (secondary N) is 1. The van der Waals surface area contributed by atoms with Gasteiger partial charge in [-0.2, -0.15) is 9.78 Å². The van der Waals surface area contributed by atoms with Crippen molar-refractivity contribution >= 4 is 44.6 Å². The third-order valence-electron chi connectivity index (χ3n) is 3.48. The lowest BCUT2D eigenvalue weighted by atomic mass is 10.3. The first kappa shape index (κ1) is 15.0. The molecule has 0 spiro atoms. The molecule has 5 nitrogen and oxygen atoms in total. The van der Waals surface area contributed by atoms with Crippen LogP contribution in [0.25, 0.3) is 15.3 Å². The minimum absolute atomic E-state index is 0.0558. The van der Waals surface area contributed by atoms with E-state index >= 15 is 0 Å². The molecule has 0 fully saturated rings. The second kappa shape index (κ2) is 6.18. The summed E-state index contributed by atoms with van der Waals surface area (Å²) in [6.45, 7) is 1.90. The Morgan fingerprint density at radius 1 is 1.25 bits per heavy atom. The van der Waals surface area contributed by atoms with Crippen LogP contribution in [-0.2, 0) is 11.2 Å². The van der Waals surface area contributed by atoms with Gasteiger partial charge in [-0.05, 0) is 30.5 Å². The summed E-state index contributed by atoms with van der Waals surface area (Å²) in [7, 11) is 0. The van der Waals surface area contributed by atoms with Crippen LogP contribution in [0.1, 0.15) is 10.6 Å². The molecule has 1 aromatic carbocycles. The number of amides is 1. The van der Waals surface area contributed by atoms with Gasteiger partial charge in [0, 0.05) is 10.9 Å². The number of fused-ring (bicyclic) bond motifs is 1. The van der Waals surface area contributed by atoms with E-state index in [1.54, 1.807) is 27.4 Å². The molecule has 0 saturated heterocycles. The highest BCUT2D eigenvalue weighted by Crippen LogP contribution is 2.27. The second-order valence-electron chi connectivity index (χ2n) is 5.35. The summed E-state index contributed by atoms with van der Waals surface area (Å²) in [6, 6.07) is 13.7. The van der Waals surface area contributed by atoms with Gasteiger partial charge in [0.2, 0.25) is 11.0 Å². The fourth-order valence-corrected chi connectivity index (χ4v) is 4.08. The lowest BCUT2D eigenvalue weighted by Gasteiger charge is -2.05. The van der Waals surface area contributed by atoms with Crippen LogP contribution in [0.15, 0.2) is 47.8 Å². The van der Waals surface area contributed by atoms with Gasteiger partial charge in [0.25, 0.3) is 0 Å². The van der Waals surface area contributed by atoms with Crippen molar-refractivity contribution in [1.82, 2.24) is 14.8 Å². The Kier molecular flexibility index (Phi) is 3.87. The van der Waals surface area contributed by atoms with E-state index in [0.29, 0.717) is 12.2 Å². The molecule has 1 amide bonds. The summed E-state index contributed by atoms with van der Waals surface area (Å²) in [6.07, 6.45) is 0.363. The Balaban J connectivity index is 1.63. The number of rotatable bonds is 4. The van der Waals surface area contributed by atoms with Gasteiger partial charge in [-0.25, -0.2) is 4.98 Å². The molecule has 0 aliphatic heterocycles. The molecular weight excluding hydrogens is 340 g/mol. The van der Waals surface area contributed by atoms with E-state index < -0.39 is 0 Å². The van der Waals surface area contributed by atoms with Crippen LogP contribution in [0, 0.1) is 6.92 Å². The highest BCUT2D eigenvalue weighted by Gasteiger charge is 2.14. The van der Waals surface area contributed by atoms with E-state index in [0.717, 1.165) is 25.9 Å². The normalized spacial score (nSPS) is 11.0. The maximum atomic E-state index is 12.3. The van der Waals surface area contributed by atoms with Crippen LogP contribution < -0.4 is 5.32 Å². The van der Waals surface area contributed by atoms with E-state index in [2.05, 4.69) is 15.4 Å². The highest BCUT2D eigenvalue weighted by atomic mass is 32.1. The zero-order chi connectivity index (χ0) is 16.5. The number of benzene rings is 1. The van der Waals surface area contributed by atoms with Crippen molar-refractivity contribution in [2.24, 2.45) is 0 Å². The van der Waals surface area contributed by atoms with Gasteiger partial charge in [-0.1, -0.05) is 29.5 Å². The van der Waals surface area contributed by atoms with Crippen molar-refractivity contribution in [3.05, 3.63) is 58.4 Å². The van der Waals surface area contributed by atoms with Crippen LogP contribution in [-0.4, -0.2) is 20.7 Å². The number of carbonyl (C=O) groups is 1. The molecule has 0 saturated carbocycles. The molecule has 3 aromatic heterocycles. The fourth-order valence-electron chi connectivity index (χ4n) is 2.44. The SMILES string of the molecule is Cc1cc(NC(=O)Cc2cccs2)n(-c2nc3ccccc3s2)n1. The number of thiophene rings is 1. The van der Waals surface area contributed by atoms with Gasteiger partial charge in [0.15, 0.2) is 0 Å². The average Bonchev–Trinajstić information content (AvgIpc) is 3.26. The monoisotopic (exact) mass is 354 g/mol. The minimum Gasteiger partial charge on any atom is -0.310 e. The van der Waals surface area contributed by atoms with Crippen molar-refractivity contribution in [3.8, 4) is 5.13 Å². The number of anilines is 1. The summed E-state index contributed by atoms with van der Waals surface area (Å²) in [5.74, 6) is 0.591. The first-order valence-corrected chi connectivity index (χ1v) is 9.13. The molecule has 24 heavy (non-hydrogen) atoms. The molecule has 0 aliphatic rings. The highest BCUT2D eigenvalue weighted by molar-refractivity contribution is 7.20. The lowest BCUT2D eigenvalue weighted by molar-refractivity contribution is -0.115. The van der Waals surface area contributed by atoms with Crippen molar-refractivity contribution in [2.45, 2.75) is 13.3 Å². The molecule has 0 atom stereocenters. The molecule has 1 N–H and O–H groups in total. The van der Waals surface area contributed by atoms with Crippen molar-refractivity contribution in [3.63, 3.8) is 0 Å². The smallest absolute Gasteiger partial charge is 0.230 e. The average molecular weight is 354 g/mol. The second-order valence-corrected chi connectivity index (χ2v) is 7.39. The largest absolute Gasteiger partial charge is 0.310 e. The third-order valence-corrected chi connectivity index (χ3v) is 5.37. The Hall–Kier alpha value is -2.51. The number of carbonyl (C=O) groups excluding carboxylic acids is 1. The number of para-hydroxylation sites is 1. The Labute approximate surface area is 146 Å². The number of thiazole rings is 1. The zero-order valence-corrected chi connectivity index (χ0v) is 14.5. The molecular formula is C17H14N4OS2. The molecule has 120 valence electrons. The van der Waals surface area contributed by atoms with Crippen LogP contribution in [0.3, 0.4) is 0 Å². The fraction of sp³-hybridized carbons (Fsp3) is 0.118. The van der Waals surface area contributed by atoms with E-state index in [1.807, 2.05) is 54.8 Å². The molecule has 0 aliphatic carbocycles. The van der Waals surface area contributed by atoms with Gasteiger partial charge in [-0.15, -0.1) is 11.3 Å². The molecule has 3 heterocycles. The van der Waals surface area contributed by atoms with Gasteiger partial charge in [0.05, 0.1) is 22.3 Å². The molecule has 0 bridgehead atoms. The predicted octanol–water partition coefficient (Wildman–Crippen LogP) is 4.03. The minimum atomic E-state index is -0.0558. The number of hydrogen-bond donors (Lipinski definition) is 1. The number of hydrogen-bond acceptors (Lipinski definition) is 5. The Bertz CT molecular complexity index is 968. The van der Waals surface area contributed by atoms with Crippen LogP contribution in [0.4, 0.5) is 5.82 Å². The molecule has 7 heteroatoms. The van der Waals surface area contributed by atoms with Gasteiger partial charge >= 0.3 is 0 Å². The first-order valence-electron chi connectivity index (χ1n) is 7.44. The quantitative estimate of drug-likeness (QED) is 0.602. The van der Waals surface area contributed by atoms with Crippen LogP contribution in [0.5, 0.6) is 0 Å². The topological polar surface area (TPSA) is 59.8 Å². The van der Waals surface area contributed by atoms with E-state index in [9.17, 15) is 4.79 Å². The standard InChI is InChI=1S/C17H14N4OS2/c1-11-9-15(19-16(22)10-12-5-4-8-23-12)21(20-11)17-18-13-6-2-3-7-14(13)24-17/h2-9H,10H2,1H3,(H,19,22). The van der Waals surface area contributed by atoms with Crippen molar-refractivity contribution < 1.29 is 4.79 Å².